The lowest BCUT2D eigenvalue weighted by Crippen LogP contribution is -2.40. The lowest BCUT2D eigenvalue weighted by Gasteiger charge is -2.28. The van der Waals surface area contributed by atoms with Crippen LogP contribution in [0.4, 0.5) is 5.69 Å². The molecule has 2 aliphatic rings. The molecule has 1 saturated heterocycles. The second-order valence-corrected chi connectivity index (χ2v) is 12.1. The van der Waals surface area contributed by atoms with E-state index in [9.17, 15) is 9.59 Å². The Morgan fingerprint density at radius 3 is 2.60 bits per heavy atom. The van der Waals surface area contributed by atoms with Crippen molar-refractivity contribution >= 4 is 39.8 Å². The Morgan fingerprint density at radius 2 is 1.88 bits per heavy atom. The van der Waals surface area contributed by atoms with Crippen LogP contribution in [0.2, 0.25) is 0 Å². The molecule has 0 radical (unpaired) electrons. The smallest absolute Gasteiger partial charge is 0.338 e. The molecule has 7 nitrogen and oxygen atoms in total. The van der Waals surface area contributed by atoms with Gasteiger partial charge in [-0.3, -0.25) is 9.36 Å². The van der Waals surface area contributed by atoms with Gasteiger partial charge < -0.3 is 14.4 Å². The van der Waals surface area contributed by atoms with E-state index in [4.69, 9.17) is 14.5 Å². The Bertz CT molecular complexity index is 1910. The van der Waals surface area contributed by atoms with Crippen molar-refractivity contribution in [3.05, 3.63) is 102 Å². The third-order valence-corrected chi connectivity index (χ3v) is 9.26. The van der Waals surface area contributed by atoms with Crippen molar-refractivity contribution in [1.29, 1.82) is 0 Å². The van der Waals surface area contributed by atoms with Crippen LogP contribution in [-0.2, 0) is 9.53 Å². The summed E-state index contributed by atoms with van der Waals surface area (Å²) >= 11 is 1.36. The predicted molar refractivity (Wildman–Crippen MR) is 173 cm³/mol. The van der Waals surface area contributed by atoms with Crippen molar-refractivity contribution in [1.82, 2.24) is 4.57 Å². The molecule has 4 aromatic rings. The first-order valence-electron chi connectivity index (χ1n) is 15.1. The Morgan fingerprint density at radius 1 is 1.09 bits per heavy atom. The Kier molecular flexibility index (Phi) is 8.21. The van der Waals surface area contributed by atoms with Gasteiger partial charge in [-0.1, -0.05) is 61.1 Å². The normalized spacial score (nSPS) is 16.9. The maximum atomic E-state index is 14.3. The van der Waals surface area contributed by atoms with Crippen molar-refractivity contribution < 1.29 is 14.3 Å². The molecule has 0 unspecified atom stereocenters. The number of aryl methyl sites for hydroxylation is 1. The molecular weight excluding hydrogens is 558 g/mol. The van der Waals surface area contributed by atoms with Crippen LogP contribution < -0.4 is 24.5 Å². The summed E-state index contributed by atoms with van der Waals surface area (Å²) in [5.41, 5.74) is 5.01. The molecule has 6 rings (SSSR count). The zero-order valence-corrected chi connectivity index (χ0v) is 26.0. The van der Waals surface area contributed by atoms with E-state index in [1.807, 2.05) is 42.5 Å². The number of anilines is 1. The van der Waals surface area contributed by atoms with Crippen LogP contribution in [0, 0.1) is 6.92 Å². The minimum Gasteiger partial charge on any atom is -0.496 e. The molecule has 0 bridgehead atoms. The highest BCUT2D eigenvalue weighted by Crippen LogP contribution is 2.41. The fraction of sp³-hybridized carbons (Fsp3) is 0.343. The van der Waals surface area contributed by atoms with Gasteiger partial charge in [0.05, 0.1) is 29.5 Å². The molecule has 43 heavy (non-hydrogen) atoms. The van der Waals surface area contributed by atoms with Crippen LogP contribution in [-0.4, -0.2) is 37.3 Å². The van der Waals surface area contributed by atoms with Crippen molar-refractivity contribution in [2.24, 2.45) is 4.99 Å². The van der Waals surface area contributed by atoms with E-state index in [0.29, 0.717) is 32.8 Å². The summed E-state index contributed by atoms with van der Waals surface area (Å²) in [6.07, 6.45) is 5.76. The van der Waals surface area contributed by atoms with Crippen molar-refractivity contribution in [2.45, 2.75) is 52.5 Å². The van der Waals surface area contributed by atoms with Gasteiger partial charge in [0.15, 0.2) is 4.80 Å². The van der Waals surface area contributed by atoms with Crippen molar-refractivity contribution in [3.63, 3.8) is 0 Å². The number of allylic oxidation sites excluding steroid dienone is 1. The fourth-order valence-electron chi connectivity index (χ4n) is 6.36. The molecule has 3 heterocycles. The topological polar surface area (TPSA) is 73.1 Å². The number of ether oxygens (including phenoxy) is 2. The summed E-state index contributed by atoms with van der Waals surface area (Å²) in [5.74, 6) is 0.142. The molecule has 0 N–H and O–H groups in total. The minimum absolute atomic E-state index is 0.192. The van der Waals surface area contributed by atoms with Gasteiger partial charge in [0.2, 0.25) is 0 Å². The van der Waals surface area contributed by atoms with E-state index in [1.165, 1.54) is 35.4 Å². The molecule has 0 amide bonds. The lowest BCUT2D eigenvalue weighted by molar-refractivity contribution is -0.139. The number of carbonyl (C=O) groups excluding carboxylic acids is 1. The summed E-state index contributed by atoms with van der Waals surface area (Å²) in [6.45, 7) is 8.36. The predicted octanol–water partition coefficient (Wildman–Crippen LogP) is 5.65. The van der Waals surface area contributed by atoms with Crippen LogP contribution in [0.25, 0.3) is 16.8 Å². The first-order chi connectivity index (χ1) is 20.9. The Hall–Kier alpha value is -4.17. The van der Waals surface area contributed by atoms with Crippen LogP contribution in [0.5, 0.6) is 5.75 Å². The molecule has 8 heteroatoms. The summed E-state index contributed by atoms with van der Waals surface area (Å²) in [6, 6.07) is 17.5. The van der Waals surface area contributed by atoms with Gasteiger partial charge in [-0.25, -0.2) is 9.79 Å². The maximum absolute atomic E-state index is 14.3. The Labute approximate surface area is 255 Å². The number of nitrogens with zero attached hydrogens (tertiary/aromatic N) is 3. The van der Waals surface area contributed by atoms with E-state index < -0.39 is 12.0 Å². The third-order valence-electron chi connectivity index (χ3n) is 8.28. The van der Waals surface area contributed by atoms with Gasteiger partial charge in [-0.2, -0.15) is 0 Å². The van der Waals surface area contributed by atoms with E-state index in [0.717, 1.165) is 41.4 Å². The van der Waals surface area contributed by atoms with E-state index in [2.05, 4.69) is 36.9 Å². The van der Waals surface area contributed by atoms with Gasteiger partial charge in [0.25, 0.3) is 5.56 Å². The number of hydrogen-bond acceptors (Lipinski definition) is 7. The molecule has 1 fully saturated rings. The standard InChI is InChI=1S/C35H37N3O4S/c1-5-11-26-31(34(40)42-6-2)32(30-25-13-8-7-12-24(25)15-17-28(30)41-4)38-33(39)29(43-35(38)36-26)21-23-14-16-27(22(3)20-23)37-18-9-10-19-37/h7-8,12-17,20-21,32H,5-6,9-11,18-19H2,1-4H3/b29-21+/t32-/m1/s1. The average Bonchev–Trinajstić information content (AvgIpc) is 3.64. The van der Waals surface area contributed by atoms with Gasteiger partial charge in [0.1, 0.15) is 11.8 Å². The summed E-state index contributed by atoms with van der Waals surface area (Å²) < 4.78 is 13.7. The molecule has 2 aliphatic heterocycles. The van der Waals surface area contributed by atoms with Gasteiger partial charge in [0, 0.05) is 24.3 Å². The summed E-state index contributed by atoms with van der Waals surface area (Å²) in [5, 5.41) is 1.90. The fourth-order valence-corrected chi connectivity index (χ4v) is 7.38. The highest BCUT2D eigenvalue weighted by molar-refractivity contribution is 7.07. The van der Waals surface area contributed by atoms with E-state index in [-0.39, 0.29) is 12.2 Å². The zero-order chi connectivity index (χ0) is 30.1. The first kappa shape index (κ1) is 28.9. The highest BCUT2D eigenvalue weighted by Gasteiger charge is 2.37. The number of fused-ring (bicyclic) bond motifs is 2. The second kappa shape index (κ2) is 12.2. The number of rotatable bonds is 8. The van der Waals surface area contributed by atoms with E-state index in [1.54, 1.807) is 18.6 Å². The molecule has 1 aromatic heterocycles. The number of methoxy groups -OCH3 is 1. The number of carbonyl (C=O) groups is 1. The minimum atomic E-state index is -0.751. The molecule has 0 spiro atoms. The number of hydrogen-bond donors (Lipinski definition) is 0. The van der Waals surface area contributed by atoms with Crippen LogP contribution in [0.1, 0.15) is 62.3 Å². The maximum Gasteiger partial charge on any atom is 0.338 e. The van der Waals surface area contributed by atoms with Crippen molar-refractivity contribution in [3.8, 4) is 5.75 Å². The molecule has 1 atom stereocenters. The van der Waals surface area contributed by atoms with E-state index >= 15 is 0 Å². The third kappa shape index (κ3) is 5.29. The highest BCUT2D eigenvalue weighted by atomic mass is 32.1. The molecule has 222 valence electrons. The molecule has 3 aromatic carbocycles. The largest absolute Gasteiger partial charge is 0.496 e. The van der Waals surface area contributed by atoms with Crippen molar-refractivity contribution in [2.75, 3.05) is 31.7 Å². The first-order valence-corrected chi connectivity index (χ1v) is 15.9. The van der Waals surface area contributed by atoms with Gasteiger partial charge >= 0.3 is 5.97 Å². The lowest BCUT2D eigenvalue weighted by atomic mass is 9.90. The second-order valence-electron chi connectivity index (χ2n) is 11.1. The molecule has 0 saturated carbocycles. The molecular formula is C35H37N3O4S. The molecule has 0 aliphatic carbocycles. The quantitative estimate of drug-likeness (QED) is 0.246. The monoisotopic (exact) mass is 595 g/mol. The van der Waals surface area contributed by atoms with Crippen LogP contribution in [0.3, 0.4) is 0 Å². The van der Waals surface area contributed by atoms with Crippen LogP contribution in [0.15, 0.2) is 75.7 Å². The number of aromatic nitrogens is 1. The number of benzene rings is 3. The average molecular weight is 596 g/mol. The Balaban J connectivity index is 1.59. The SMILES string of the molecule is CCCC1=C(C(=O)OCC)[C@@H](c2c(OC)ccc3ccccc23)n2c(s/c(=C/c3ccc(N4CCCC4)c(C)c3)c2=O)=N1. The number of esters is 1. The van der Waals surface area contributed by atoms with Gasteiger partial charge in [-0.15, -0.1) is 0 Å². The van der Waals surface area contributed by atoms with Crippen LogP contribution >= 0.6 is 11.3 Å². The van der Waals surface area contributed by atoms with Gasteiger partial charge in [-0.05, 0) is 79.3 Å². The summed E-state index contributed by atoms with van der Waals surface area (Å²) in [4.78, 5) is 36.0. The number of thiazole rings is 1. The zero-order valence-electron chi connectivity index (χ0n) is 25.2. The summed E-state index contributed by atoms with van der Waals surface area (Å²) in [7, 11) is 1.62.